The molecule has 22 heavy (non-hydrogen) atoms. The molecule has 0 aliphatic heterocycles. The summed E-state index contributed by atoms with van der Waals surface area (Å²) in [7, 11) is 0. The van der Waals surface area contributed by atoms with Crippen molar-refractivity contribution < 1.29 is 9.18 Å². The number of nitrogens with two attached hydrogens (primary N) is 1. The number of benzene rings is 2. The fourth-order valence-corrected chi connectivity index (χ4v) is 2.13. The van der Waals surface area contributed by atoms with Crippen LogP contribution in [0.25, 0.3) is 0 Å². The first-order valence-electron chi connectivity index (χ1n) is 6.50. The molecular formula is C16H17ClFN3O. The Bertz CT molecular complexity index is 632. The van der Waals surface area contributed by atoms with Gasteiger partial charge in [-0.2, -0.15) is 0 Å². The van der Waals surface area contributed by atoms with E-state index in [-0.39, 0.29) is 24.1 Å². The van der Waals surface area contributed by atoms with Gasteiger partial charge < -0.3 is 5.73 Å². The molecule has 1 atom stereocenters. The number of amides is 1. The molecule has 0 radical (unpaired) electrons. The number of rotatable bonds is 4. The molecule has 0 aromatic heterocycles. The molecule has 2 aromatic rings. The summed E-state index contributed by atoms with van der Waals surface area (Å²) in [6.45, 7) is 0. The second kappa shape index (κ2) is 8.14. The van der Waals surface area contributed by atoms with Crippen LogP contribution < -0.4 is 11.1 Å². The lowest BCUT2D eigenvalue weighted by Gasteiger charge is -2.17. The maximum atomic E-state index is 13.0. The van der Waals surface area contributed by atoms with Gasteiger partial charge in [-0.25, -0.2) is 4.39 Å². The monoisotopic (exact) mass is 321 g/mol. The number of carbonyl (C=O) groups is 1. The summed E-state index contributed by atoms with van der Waals surface area (Å²) in [6.07, 6.45) is 0.450. The molecule has 6 heteroatoms. The minimum Gasteiger partial charge on any atom is -0.370 e. The van der Waals surface area contributed by atoms with E-state index in [2.05, 4.69) is 5.32 Å². The van der Waals surface area contributed by atoms with Gasteiger partial charge in [-0.05, 0) is 29.7 Å². The largest absolute Gasteiger partial charge is 0.370 e. The van der Waals surface area contributed by atoms with Crippen molar-refractivity contribution in [3.8, 4) is 0 Å². The quantitative estimate of drug-likeness (QED) is 0.598. The third kappa shape index (κ3) is 4.86. The van der Waals surface area contributed by atoms with Gasteiger partial charge in [0.25, 0.3) is 0 Å². The molecule has 2 rings (SSSR count). The highest BCUT2D eigenvalue weighted by Crippen LogP contribution is 2.21. The summed E-state index contributed by atoms with van der Waals surface area (Å²) in [5.74, 6) is -1.67. The molecule has 0 saturated heterocycles. The standard InChI is InChI=1S/C16H16FN3O.ClH/c17-13-8-6-12(7-9-13)14(15(21)20-16(18)19)10-11-4-2-1-3-5-11;/h1-9,14H,10H2,(H4,18,19,20,21);1H. The summed E-state index contributed by atoms with van der Waals surface area (Å²) in [6, 6.07) is 15.3. The van der Waals surface area contributed by atoms with E-state index in [1.807, 2.05) is 30.3 Å². The molecule has 0 heterocycles. The summed E-state index contributed by atoms with van der Waals surface area (Å²) < 4.78 is 13.0. The zero-order chi connectivity index (χ0) is 15.2. The lowest BCUT2D eigenvalue weighted by molar-refractivity contribution is -0.121. The van der Waals surface area contributed by atoms with E-state index in [0.29, 0.717) is 12.0 Å². The van der Waals surface area contributed by atoms with E-state index in [0.717, 1.165) is 5.56 Å². The van der Waals surface area contributed by atoms with Crippen molar-refractivity contribution in [3.63, 3.8) is 0 Å². The first kappa shape index (κ1) is 17.7. The predicted molar refractivity (Wildman–Crippen MR) is 86.6 cm³/mol. The number of nitrogens with one attached hydrogen (secondary N) is 2. The average Bonchev–Trinajstić information content (AvgIpc) is 2.46. The van der Waals surface area contributed by atoms with Crippen molar-refractivity contribution >= 4 is 24.3 Å². The highest BCUT2D eigenvalue weighted by molar-refractivity contribution is 5.98. The SMILES string of the molecule is Cl.N=C(N)NC(=O)C(Cc1ccccc1)c1ccc(F)cc1. The van der Waals surface area contributed by atoms with E-state index in [1.165, 1.54) is 12.1 Å². The molecule has 0 aliphatic carbocycles. The number of hydrogen-bond acceptors (Lipinski definition) is 2. The van der Waals surface area contributed by atoms with E-state index in [9.17, 15) is 9.18 Å². The normalized spacial score (nSPS) is 11.1. The molecular weight excluding hydrogens is 305 g/mol. The minimum absolute atomic E-state index is 0. The highest BCUT2D eigenvalue weighted by Gasteiger charge is 2.21. The Hall–Kier alpha value is -2.40. The van der Waals surface area contributed by atoms with Gasteiger partial charge in [0.1, 0.15) is 5.82 Å². The number of hydrogen-bond donors (Lipinski definition) is 3. The molecule has 0 saturated carbocycles. The van der Waals surface area contributed by atoms with Gasteiger partial charge in [-0.15, -0.1) is 12.4 Å². The topological polar surface area (TPSA) is 79.0 Å². The fourth-order valence-electron chi connectivity index (χ4n) is 2.13. The van der Waals surface area contributed by atoms with Crippen molar-refractivity contribution in [2.75, 3.05) is 0 Å². The zero-order valence-corrected chi connectivity index (χ0v) is 12.6. The highest BCUT2D eigenvalue weighted by atomic mass is 35.5. The Morgan fingerprint density at radius 3 is 2.27 bits per heavy atom. The molecule has 2 aromatic carbocycles. The van der Waals surface area contributed by atoms with Gasteiger partial charge in [0.2, 0.25) is 5.91 Å². The fraction of sp³-hybridized carbons (Fsp3) is 0.125. The summed E-state index contributed by atoms with van der Waals surface area (Å²) >= 11 is 0. The summed E-state index contributed by atoms with van der Waals surface area (Å²) in [5.41, 5.74) is 6.88. The van der Waals surface area contributed by atoms with Crippen LogP contribution >= 0.6 is 12.4 Å². The van der Waals surface area contributed by atoms with Crippen LogP contribution in [0, 0.1) is 11.2 Å². The van der Waals surface area contributed by atoms with E-state index < -0.39 is 11.9 Å². The lowest BCUT2D eigenvalue weighted by Crippen LogP contribution is -2.39. The summed E-state index contributed by atoms with van der Waals surface area (Å²) in [4.78, 5) is 12.2. The minimum atomic E-state index is -0.531. The second-order valence-electron chi connectivity index (χ2n) is 4.70. The molecule has 0 fully saturated rings. The van der Waals surface area contributed by atoms with Crippen molar-refractivity contribution in [1.82, 2.24) is 5.32 Å². The third-order valence-electron chi connectivity index (χ3n) is 3.13. The van der Waals surface area contributed by atoms with Crippen LogP contribution in [0.1, 0.15) is 17.0 Å². The Balaban J connectivity index is 0.00000242. The van der Waals surface area contributed by atoms with Crippen molar-refractivity contribution in [2.45, 2.75) is 12.3 Å². The van der Waals surface area contributed by atoms with Crippen LogP contribution in [0.3, 0.4) is 0 Å². The van der Waals surface area contributed by atoms with Gasteiger partial charge in [0.15, 0.2) is 5.96 Å². The van der Waals surface area contributed by atoms with E-state index in [4.69, 9.17) is 11.1 Å². The Kier molecular flexibility index (Phi) is 6.53. The molecule has 1 amide bonds. The Labute approximate surface area is 134 Å². The van der Waals surface area contributed by atoms with Gasteiger partial charge >= 0.3 is 0 Å². The maximum absolute atomic E-state index is 13.0. The Morgan fingerprint density at radius 2 is 1.73 bits per heavy atom. The number of carbonyl (C=O) groups excluding carboxylic acids is 1. The van der Waals surface area contributed by atoms with Crippen LogP contribution in [0.2, 0.25) is 0 Å². The van der Waals surface area contributed by atoms with Crippen molar-refractivity contribution in [3.05, 3.63) is 71.5 Å². The van der Waals surface area contributed by atoms with Crippen molar-refractivity contribution in [2.24, 2.45) is 5.73 Å². The average molecular weight is 322 g/mol. The van der Waals surface area contributed by atoms with E-state index in [1.54, 1.807) is 12.1 Å². The number of halogens is 2. The molecule has 4 N–H and O–H groups in total. The second-order valence-corrected chi connectivity index (χ2v) is 4.70. The first-order chi connectivity index (χ1) is 10.1. The molecule has 4 nitrogen and oxygen atoms in total. The van der Waals surface area contributed by atoms with Crippen LogP contribution in [0.4, 0.5) is 4.39 Å². The summed E-state index contributed by atoms with van der Waals surface area (Å²) in [5, 5.41) is 9.48. The Morgan fingerprint density at radius 1 is 1.14 bits per heavy atom. The van der Waals surface area contributed by atoms with Crippen molar-refractivity contribution in [1.29, 1.82) is 5.41 Å². The molecule has 0 bridgehead atoms. The third-order valence-corrected chi connectivity index (χ3v) is 3.13. The van der Waals surface area contributed by atoms with Gasteiger partial charge in [0.05, 0.1) is 5.92 Å². The van der Waals surface area contributed by atoms with Crippen LogP contribution in [-0.2, 0) is 11.2 Å². The maximum Gasteiger partial charge on any atom is 0.234 e. The molecule has 0 spiro atoms. The zero-order valence-electron chi connectivity index (χ0n) is 11.8. The van der Waals surface area contributed by atoms with Crippen LogP contribution in [0.15, 0.2) is 54.6 Å². The first-order valence-corrected chi connectivity index (χ1v) is 6.50. The lowest BCUT2D eigenvalue weighted by atomic mass is 9.91. The molecule has 0 aliphatic rings. The smallest absolute Gasteiger partial charge is 0.234 e. The van der Waals surface area contributed by atoms with E-state index >= 15 is 0 Å². The van der Waals surface area contributed by atoms with Gasteiger partial charge in [-0.3, -0.25) is 15.5 Å². The molecule has 116 valence electrons. The van der Waals surface area contributed by atoms with Gasteiger partial charge in [0, 0.05) is 0 Å². The number of guanidine groups is 1. The predicted octanol–water partition coefficient (Wildman–Crippen LogP) is 2.58. The molecule has 1 unspecified atom stereocenters. The van der Waals surface area contributed by atoms with Gasteiger partial charge in [-0.1, -0.05) is 42.5 Å². The van der Waals surface area contributed by atoms with Crippen LogP contribution in [0.5, 0.6) is 0 Å². The van der Waals surface area contributed by atoms with Crippen LogP contribution in [-0.4, -0.2) is 11.9 Å².